The molecule has 3 N–H and O–H groups in total. The first-order chi connectivity index (χ1) is 12.6. The smallest absolute Gasteiger partial charge is 0.251 e. The summed E-state index contributed by atoms with van der Waals surface area (Å²) in [6.45, 7) is 1.53. The Morgan fingerprint density at radius 2 is 1.77 bits per heavy atom. The lowest BCUT2D eigenvalue weighted by Gasteiger charge is -2.32. The first-order valence-corrected chi connectivity index (χ1v) is 9.07. The van der Waals surface area contributed by atoms with E-state index >= 15 is 0 Å². The summed E-state index contributed by atoms with van der Waals surface area (Å²) in [5, 5.41) is 2.69. The molecule has 1 aliphatic heterocycles. The molecule has 1 heterocycles. The topological polar surface area (TPSA) is 75.4 Å². The minimum atomic E-state index is -0.274. The molecule has 5 heteroatoms. The lowest BCUT2D eigenvalue weighted by molar-refractivity contribution is -0.131. The molecule has 0 aliphatic carbocycles. The number of amides is 2. The number of nitrogens with zero attached hydrogens (tertiary/aromatic N) is 1. The monoisotopic (exact) mass is 351 g/mol. The third-order valence-corrected chi connectivity index (χ3v) is 4.88. The Labute approximate surface area is 154 Å². The Morgan fingerprint density at radius 3 is 2.46 bits per heavy atom. The summed E-state index contributed by atoms with van der Waals surface area (Å²) >= 11 is 0. The minimum Gasteiger partial charge on any atom is -0.399 e. The van der Waals surface area contributed by atoms with Gasteiger partial charge < -0.3 is 16.0 Å². The van der Waals surface area contributed by atoms with E-state index in [0.29, 0.717) is 17.2 Å². The number of anilines is 1. The number of hydrogen-bond donors (Lipinski definition) is 2. The van der Waals surface area contributed by atoms with E-state index in [9.17, 15) is 9.59 Å². The highest BCUT2D eigenvalue weighted by Gasteiger charge is 2.23. The van der Waals surface area contributed by atoms with Crippen molar-refractivity contribution in [3.05, 3.63) is 65.7 Å². The molecule has 26 heavy (non-hydrogen) atoms. The van der Waals surface area contributed by atoms with Gasteiger partial charge >= 0.3 is 0 Å². The number of nitrogen functional groups attached to an aromatic ring is 1. The van der Waals surface area contributed by atoms with Gasteiger partial charge in [0.2, 0.25) is 5.91 Å². The van der Waals surface area contributed by atoms with Crippen molar-refractivity contribution in [3.8, 4) is 0 Å². The van der Waals surface area contributed by atoms with E-state index in [0.717, 1.165) is 32.4 Å². The van der Waals surface area contributed by atoms with Gasteiger partial charge in [-0.3, -0.25) is 9.59 Å². The van der Waals surface area contributed by atoms with Crippen molar-refractivity contribution in [1.29, 1.82) is 0 Å². The Morgan fingerprint density at radius 1 is 1.04 bits per heavy atom. The maximum atomic E-state index is 12.4. The zero-order chi connectivity index (χ0) is 18.4. The van der Waals surface area contributed by atoms with Gasteiger partial charge in [0.1, 0.15) is 0 Å². The van der Waals surface area contributed by atoms with Crippen LogP contribution in [0.2, 0.25) is 0 Å². The van der Waals surface area contributed by atoms with Crippen molar-refractivity contribution in [2.45, 2.75) is 19.3 Å². The summed E-state index contributed by atoms with van der Waals surface area (Å²) in [5.74, 6) is 0.313. The van der Waals surface area contributed by atoms with E-state index in [2.05, 4.69) is 29.6 Å². The zero-order valence-corrected chi connectivity index (χ0v) is 14.9. The van der Waals surface area contributed by atoms with Crippen molar-refractivity contribution in [2.24, 2.45) is 5.92 Å². The minimum absolute atomic E-state index is 0.0248. The van der Waals surface area contributed by atoms with Crippen LogP contribution in [0.3, 0.4) is 0 Å². The number of rotatable bonds is 5. The molecule has 0 radical (unpaired) electrons. The SMILES string of the molecule is Nc1cccc(C(=O)NCC(=O)N2CCC(Cc3ccccc3)CC2)c1. The fraction of sp³-hybridized carbons (Fsp3) is 0.333. The zero-order valence-electron chi connectivity index (χ0n) is 14.9. The maximum Gasteiger partial charge on any atom is 0.251 e. The quantitative estimate of drug-likeness (QED) is 0.813. The van der Waals surface area contributed by atoms with Gasteiger partial charge in [0.05, 0.1) is 6.54 Å². The van der Waals surface area contributed by atoms with Crippen LogP contribution in [0.5, 0.6) is 0 Å². The van der Waals surface area contributed by atoms with E-state index in [1.165, 1.54) is 5.56 Å². The number of nitrogens with two attached hydrogens (primary N) is 1. The van der Waals surface area contributed by atoms with Gasteiger partial charge in [0, 0.05) is 24.3 Å². The Balaban J connectivity index is 1.43. The molecule has 0 spiro atoms. The van der Waals surface area contributed by atoms with Gasteiger partial charge in [-0.15, -0.1) is 0 Å². The van der Waals surface area contributed by atoms with Crippen LogP contribution in [-0.4, -0.2) is 36.3 Å². The van der Waals surface area contributed by atoms with Crippen LogP contribution in [0.15, 0.2) is 54.6 Å². The lowest BCUT2D eigenvalue weighted by Crippen LogP contribution is -2.44. The van der Waals surface area contributed by atoms with Gasteiger partial charge in [0.25, 0.3) is 5.91 Å². The summed E-state index contributed by atoms with van der Waals surface area (Å²) in [7, 11) is 0. The third-order valence-electron chi connectivity index (χ3n) is 4.88. The van der Waals surface area contributed by atoms with E-state index in [1.807, 2.05) is 11.0 Å². The highest BCUT2D eigenvalue weighted by atomic mass is 16.2. The predicted octanol–water partition coefficient (Wildman–Crippen LogP) is 2.48. The van der Waals surface area contributed by atoms with E-state index < -0.39 is 0 Å². The van der Waals surface area contributed by atoms with E-state index in [4.69, 9.17) is 5.73 Å². The van der Waals surface area contributed by atoms with Crippen molar-refractivity contribution in [1.82, 2.24) is 10.2 Å². The highest BCUT2D eigenvalue weighted by Crippen LogP contribution is 2.21. The summed E-state index contributed by atoms with van der Waals surface area (Å²) in [6.07, 6.45) is 3.07. The van der Waals surface area contributed by atoms with Gasteiger partial charge in [-0.05, 0) is 48.9 Å². The summed E-state index contributed by atoms with van der Waals surface area (Å²) in [5.41, 5.74) is 8.04. The number of piperidine rings is 1. The summed E-state index contributed by atoms with van der Waals surface area (Å²) in [4.78, 5) is 26.3. The third kappa shape index (κ3) is 4.85. The number of likely N-dealkylation sites (tertiary alicyclic amines) is 1. The molecule has 2 aromatic carbocycles. The molecule has 3 rings (SSSR count). The lowest BCUT2D eigenvalue weighted by atomic mass is 9.90. The Hall–Kier alpha value is -2.82. The second-order valence-corrected chi connectivity index (χ2v) is 6.82. The van der Waals surface area contributed by atoms with Crippen LogP contribution in [0.1, 0.15) is 28.8 Å². The van der Waals surface area contributed by atoms with Gasteiger partial charge in [-0.1, -0.05) is 36.4 Å². The molecule has 0 saturated carbocycles. The first kappa shape index (κ1) is 18.0. The van der Waals surface area contributed by atoms with Crippen LogP contribution in [-0.2, 0) is 11.2 Å². The second-order valence-electron chi connectivity index (χ2n) is 6.82. The van der Waals surface area contributed by atoms with Gasteiger partial charge in [0.15, 0.2) is 0 Å². The fourth-order valence-corrected chi connectivity index (χ4v) is 3.38. The molecule has 1 saturated heterocycles. The molecule has 0 bridgehead atoms. The van der Waals surface area contributed by atoms with Crippen molar-refractivity contribution in [3.63, 3.8) is 0 Å². The van der Waals surface area contributed by atoms with Crippen LogP contribution < -0.4 is 11.1 Å². The maximum absolute atomic E-state index is 12.4. The molecular weight excluding hydrogens is 326 g/mol. The molecule has 0 aromatic heterocycles. The molecule has 2 amide bonds. The number of carbonyl (C=O) groups is 2. The average Bonchev–Trinajstić information content (AvgIpc) is 2.67. The first-order valence-electron chi connectivity index (χ1n) is 9.07. The van der Waals surface area contributed by atoms with Crippen LogP contribution in [0.4, 0.5) is 5.69 Å². The molecule has 5 nitrogen and oxygen atoms in total. The number of carbonyl (C=O) groups excluding carboxylic acids is 2. The fourth-order valence-electron chi connectivity index (χ4n) is 3.38. The largest absolute Gasteiger partial charge is 0.399 e. The molecular formula is C21H25N3O2. The van der Waals surface area contributed by atoms with Crippen molar-refractivity contribution in [2.75, 3.05) is 25.4 Å². The molecule has 136 valence electrons. The summed E-state index contributed by atoms with van der Waals surface area (Å²) < 4.78 is 0. The van der Waals surface area contributed by atoms with Crippen molar-refractivity contribution >= 4 is 17.5 Å². The molecule has 0 unspecified atom stereocenters. The van der Waals surface area contributed by atoms with E-state index in [-0.39, 0.29) is 18.4 Å². The predicted molar refractivity (Wildman–Crippen MR) is 103 cm³/mol. The second kappa shape index (κ2) is 8.52. The molecule has 1 aliphatic rings. The standard InChI is InChI=1S/C21H25N3O2/c22-19-8-4-7-18(14-19)21(26)23-15-20(25)24-11-9-17(10-12-24)13-16-5-2-1-3-6-16/h1-8,14,17H,9-13,15,22H2,(H,23,26). The van der Waals surface area contributed by atoms with Crippen molar-refractivity contribution < 1.29 is 9.59 Å². The number of nitrogens with one attached hydrogen (secondary N) is 1. The van der Waals surface area contributed by atoms with Gasteiger partial charge in [-0.25, -0.2) is 0 Å². The van der Waals surface area contributed by atoms with Gasteiger partial charge in [-0.2, -0.15) is 0 Å². The van der Waals surface area contributed by atoms with Crippen LogP contribution in [0, 0.1) is 5.92 Å². The normalized spacial score (nSPS) is 14.8. The number of hydrogen-bond acceptors (Lipinski definition) is 3. The Kier molecular flexibility index (Phi) is 5.89. The molecule has 0 atom stereocenters. The van der Waals surface area contributed by atoms with Crippen LogP contribution >= 0.6 is 0 Å². The van der Waals surface area contributed by atoms with Crippen LogP contribution in [0.25, 0.3) is 0 Å². The molecule has 2 aromatic rings. The van der Waals surface area contributed by atoms with E-state index in [1.54, 1.807) is 24.3 Å². The number of benzene rings is 2. The molecule has 1 fully saturated rings. The summed E-state index contributed by atoms with van der Waals surface area (Å²) in [6, 6.07) is 17.2. The highest BCUT2D eigenvalue weighted by molar-refractivity contribution is 5.97. The Bertz CT molecular complexity index is 753. The average molecular weight is 351 g/mol.